The van der Waals surface area contributed by atoms with Crippen molar-refractivity contribution in [1.29, 1.82) is 0 Å². The predicted molar refractivity (Wildman–Crippen MR) is 83.7 cm³/mol. The van der Waals surface area contributed by atoms with Crippen molar-refractivity contribution in [3.8, 4) is 5.75 Å². The lowest BCUT2D eigenvalue weighted by atomic mass is 10.1. The quantitative estimate of drug-likeness (QED) is 0.779. The molecule has 1 heterocycles. The zero-order valence-corrected chi connectivity index (χ0v) is 12.9. The van der Waals surface area contributed by atoms with Crippen LogP contribution in [-0.4, -0.2) is 69.1 Å². The summed E-state index contributed by atoms with van der Waals surface area (Å²) in [6, 6.07) is 5.41. The van der Waals surface area contributed by atoms with Gasteiger partial charge in [-0.1, -0.05) is 0 Å². The molecule has 1 saturated heterocycles. The highest BCUT2D eigenvalue weighted by Gasteiger charge is 2.22. The molecule has 1 aliphatic heterocycles. The van der Waals surface area contributed by atoms with Crippen LogP contribution in [0.15, 0.2) is 18.2 Å². The van der Waals surface area contributed by atoms with Gasteiger partial charge < -0.3 is 20.7 Å². The van der Waals surface area contributed by atoms with Crippen molar-refractivity contribution >= 4 is 11.6 Å². The van der Waals surface area contributed by atoms with Crippen LogP contribution in [-0.2, 0) is 0 Å². The standard InChI is InChI=1S/C15H24N4O2/c1-18-6-7-19(2)12(10-18)9-17-15(20)11-4-5-13(16)14(8-11)21-3/h4-5,8,12H,6-7,9-10,16H2,1-3H3,(H,17,20). The number of anilines is 1. The first-order valence-electron chi connectivity index (χ1n) is 7.11. The minimum atomic E-state index is -0.102. The van der Waals surface area contributed by atoms with Gasteiger partial charge in [0.15, 0.2) is 0 Å². The van der Waals surface area contributed by atoms with Gasteiger partial charge in [-0.05, 0) is 32.3 Å². The maximum Gasteiger partial charge on any atom is 0.251 e. The number of piperazine rings is 1. The highest BCUT2D eigenvalue weighted by molar-refractivity contribution is 5.95. The van der Waals surface area contributed by atoms with Gasteiger partial charge in [-0.2, -0.15) is 0 Å². The Balaban J connectivity index is 1.95. The van der Waals surface area contributed by atoms with Crippen molar-refractivity contribution in [2.45, 2.75) is 6.04 Å². The summed E-state index contributed by atoms with van der Waals surface area (Å²) < 4.78 is 5.14. The van der Waals surface area contributed by atoms with E-state index in [9.17, 15) is 4.79 Å². The van der Waals surface area contributed by atoms with Gasteiger partial charge in [0.05, 0.1) is 12.8 Å². The van der Waals surface area contributed by atoms with E-state index >= 15 is 0 Å². The van der Waals surface area contributed by atoms with E-state index in [-0.39, 0.29) is 5.91 Å². The Kier molecular flexibility index (Phi) is 5.03. The lowest BCUT2D eigenvalue weighted by molar-refractivity contribution is 0.0881. The van der Waals surface area contributed by atoms with Gasteiger partial charge in [0.25, 0.3) is 5.91 Å². The minimum absolute atomic E-state index is 0.102. The summed E-state index contributed by atoms with van der Waals surface area (Å²) in [6.45, 7) is 3.68. The molecule has 1 amide bonds. The first-order chi connectivity index (χ1) is 10.0. The number of hydrogen-bond acceptors (Lipinski definition) is 5. The van der Waals surface area contributed by atoms with Crippen molar-refractivity contribution in [2.75, 3.05) is 53.1 Å². The summed E-state index contributed by atoms with van der Waals surface area (Å²) in [5.41, 5.74) is 6.85. The lowest BCUT2D eigenvalue weighted by Crippen LogP contribution is -2.54. The van der Waals surface area contributed by atoms with Crippen molar-refractivity contribution in [3.05, 3.63) is 23.8 Å². The Morgan fingerprint density at radius 3 is 2.90 bits per heavy atom. The zero-order chi connectivity index (χ0) is 15.4. The molecule has 2 rings (SSSR count). The van der Waals surface area contributed by atoms with Gasteiger partial charge in [0, 0.05) is 37.8 Å². The van der Waals surface area contributed by atoms with Crippen LogP contribution < -0.4 is 15.8 Å². The number of methoxy groups -OCH3 is 1. The van der Waals surface area contributed by atoms with Crippen molar-refractivity contribution < 1.29 is 9.53 Å². The molecule has 1 aromatic carbocycles. The van der Waals surface area contributed by atoms with Crippen LogP contribution >= 0.6 is 0 Å². The highest BCUT2D eigenvalue weighted by Crippen LogP contribution is 2.22. The Morgan fingerprint density at radius 1 is 1.43 bits per heavy atom. The highest BCUT2D eigenvalue weighted by atomic mass is 16.5. The first kappa shape index (κ1) is 15.6. The number of rotatable bonds is 4. The van der Waals surface area contributed by atoms with Crippen LogP contribution in [0.3, 0.4) is 0 Å². The third-order valence-corrected chi connectivity index (χ3v) is 3.97. The van der Waals surface area contributed by atoms with Gasteiger partial charge in [-0.25, -0.2) is 0 Å². The summed E-state index contributed by atoms with van der Waals surface area (Å²) in [7, 11) is 5.74. The summed E-state index contributed by atoms with van der Waals surface area (Å²) in [5.74, 6) is 0.423. The second-order valence-electron chi connectivity index (χ2n) is 5.56. The SMILES string of the molecule is COc1cc(C(=O)NCC2CN(C)CCN2C)ccc1N. The topological polar surface area (TPSA) is 70.8 Å². The molecule has 0 radical (unpaired) electrons. The fourth-order valence-corrected chi connectivity index (χ4v) is 2.49. The molecular weight excluding hydrogens is 268 g/mol. The van der Waals surface area contributed by atoms with Gasteiger partial charge in [-0.3, -0.25) is 9.69 Å². The summed E-state index contributed by atoms with van der Waals surface area (Å²) in [4.78, 5) is 16.8. The van der Waals surface area contributed by atoms with Crippen molar-refractivity contribution in [1.82, 2.24) is 15.1 Å². The van der Waals surface area contributed by atoms with Gasteiger partial charge in [-0.15, -0.1) is 0 Å². The van der Waals surface area contributed by atoms with Gasteiger partial charge >= 0.3 is 0 Å². The Morgan fingerprint density at radius 2 is 2.19 bits per heavy atom. The van der Waals surface area contributed by atoms with E-state index in [2.05, 4.69) is 29.2 Å². The van der Waals surface area contributed by atoms with Crippen molar-refractivity contribution in [2.24, 2.45) is 0 Å². The molecule has 21 heavy (non-hydrogen) atoms. The Bertz CT molecular complexity index is 506. The fourth-order valence-electron chi connectivity index (χ4n) is 2.49. The second-order valence-corrected chi connectivity index (χ2v) is 5.56. The van der Waals surface area contributed by atoms with Crippen LogP contribution in [0.2, 0.25) is 0 Å². The first-order valence-corrected chi connectivity index (χ1v) is 7.11. The molecule has 116 valence electrons. The van der Waals surface area contributed by atoms with Crippen LogP contribution in [0.1, 0.15) is 10.4 Å². The van der Waals surface area contributed by atoms with Crippen molar-refractivity contribution in [3.63, 3.8) is 0 Å². The van der Waals surface area contributed by atoms with E-state index in [1.807, 2.05) is 0 Å². The number of nitrogens with one attached hydrogen (secondary N) is 1. The normalized spacial score (nSPS) is 20.2. The molecule has 6 heteroatoms. The molecular formula is C15H24N4O2. The zero-order valence-electron chi connectivity index (χ0n) is 12.9. The van der Waals surface area contributed by atoms with Crippen LogP contribution in [0.4, 0.5) is 5.69 Å². The number of nitrogens with two attached hydrogens (primary N) is 1. The smallest absolute Gasteiger partial charge is 0.251 e. The number of nitrogens with zero attached hydrogens (tertiary/aromatic N) is 2. The second kappa shape index (κ2) is 6.78. The molecule has 0 aliphatic carbocycles. The molecule has 0 bridgehead atoms. The van der Waals surface area contributed by atoms with E-state index in [1.54, 1.807) is 25.3 Å². The maximum atomic E-state index is 12.2. The molecule has 6 nitrogen and oxygen atoms in total. The molecule has 1 fully saturated rings. The molecule has 1 aromatic rings. The molecule has 0 saturated carbocycles. The minimum Gasteiger partial charge on any atom is -0.495 e. The molecule has 1 aliphatic rings. The number of nitrogen functional groups attached to an aromatic ring is 1. The van der Waals surface area contributed by atoms with E-state index in [0.29, 0.717) is 29.6 Å². The monoisotopic (exact) mass is 292 g/mol. The van der Waals surface area contributed by atoms with Gasteiger partial charge in [0.1, 0.15) is 5.75 Å². The summed E-state index contributed by atoms with van der Waals surface area (Å²) >= 11 is 0. The van der Waals surface area contributed by atoms with Crippen LogP contribution in [0.5, 0.6) is 5.75 Å². The van der Waals surface area contributed by atoms with Crippen LogP contribution in [0, 0.1) is 0 Å². The fraction of sp³-hybridized carbons (Fsp3) is 0.533. The lowest BCUT2D eigenvalue weighted by Gasteiger charge is -2.37. The number of hydrogen-bond donors (Lipinski definition) is 2. The largest absolute Gasteiger partial charge is 0.495 e. The molecule has 0 spiro atoms. The molecule has 3 N–H and O–H groups in total. The summed E-state index contributed by atoms with van der Waals surface area (Å²) in [5, 5.41) is 2.99. The molecule has 0 aromatic heterocycles. The summed E-state index contributed by atoms with van der Waals surface area (Å²) in [6.07, 6.45) is 0. The molecule has 1 atom stereocenters. The van der Waals surface area contributed by atoms with E-state index < -0.39 is 0 Å². The van der Waals surface area contributed by atoms with Crippen LogP contribution in [0.25, 0.3) is 0 Å². The van der Waals surface area contributed by atoms with Gasteiger partial charge in [0.2, 0.25) is 0 Å². The Labute approximate surface area is 125 Å². The number of likely N-dealkylation sites (N-methyl/N-ethyl adjacent to an activating group) is 2. The number of benzene rings is 1. The third-order valence-electron chi connectivity index (χ3n) is 3.97. The number of amides is 1. The average molecular weight is 292 g/mol. The predicted octanol–water partition coefficient (Wildman–Crippen LogP) is 0.253. The third kappa shape index (κ3) is 3.86. The number of carbonyl (C=O) groups excluding carboxylic acids is 1. The number of ether oxygens (including phenoxy) is 1. The van der Waals surface area contributed by atoms with E-state index in [1.165, 1.54) is 0 Å². The maximum absolute atomic E-state index is 12.2. The van der Waals surface area contributed by atoms with E-state index in [4.69, 9.17) is 10.5 Å². The molecule has 1 unspecified atom stereocenters. The number of carbonyl (C=O) groups is 1. The Hall–Kier alpha value is -1.79. The van der Waals surface area contributed by atoms with E-state index in [0.717, 1.165) is 19.6 Å². The average Bonchev–Trinajstić information content (AvgIpc) is 2.48.